The SMILES string of the molecule is CC(=O)N(C)C.CN(C)P(=O)(N(C)C)N(C)C.C[S+](C)[O-]. The lowest BCUT2D eigenvalue weighted by atomic mass is 10.7. The van der Waals surface area contributed by atoms with E-state index in [1.165, 1.54) is 11.8 Å². The Labute approximate surface area is 134 Å². The van der Waals surface area contributed by atoms with E-state index in [-0.39, 0.29) is 5.91 Å². The molecule has 21 heavy (non-hydrogen) atoms. The molecule has 9 heteroatoms. The second kappa shape index (κ2) is 12.4. The third-order valence-electron chi connectivity index (χ3n) is 2.19. The highest BCUT2D eigenvalue weighted by Crippen LogP contribution is 2.50. The van der Waals surface area contributed by atoms with E-state index in [4.69, 9.17) is 0 Å². The molecule has 0 N–H and O–H groups in total. The quantitative estimate of drug-likeness (QED) is 0.559. The number of rotatable bonds is 3. The average molecular weight is 344 g/mol. The topological polar surface area (TPSA) is 70.2 Å². The van der Waals surface area contributed by atoms with Crippen LogP contribution in [0.5, 0.6) is 0 Å². The summed E-state index contributed by atoms with van der Waals surface area (Å²) in [5.74, 6) is 0.0926. The summed E-state index contributed by atoms with van der Waals surface area (Å²) in [6, 6.07) is 0. The molecule has 0 heterocycles. The standard InChI is InChI=1S/C6H18N3OP.C4H9NO.C2H6OS/c1-7(2)11(10,8(3)4)9(5)6;1-4(6)5(2)3;1-4(2)3/h1-6H3;1-3H3;1-2H3. The van der Waals surface area contributed by atoms with Gasteiger partial charge in [-0.25, -0.2) is 14.0 Å². The number of hydrogen-bond acceptors (Lipinski definition) is 3. The number of carbonyl (C=O) groups is 1. The normalized spacial score (nSPS) is 11.0. The van der Waals surface area contributed by atoms with Gasteiger partial charge in [-0.15, -0.1) is 0 Å². The van der Waals surface area contributed by atoms with Crippen molar-refractivity contribution in [2.24, 2.45) is 0 Å². The van der Waals surface area contributed by atoms with E-state index in [0.717, 1.165) is 0 Å². The molecule has 0 aliphatic rings. The summed E-state index contributed by atoms with van der Waals surface area (Å²) in [5.41, 5.74) is 0. The van der Waals surface area contributed by atoms with Gasteiger partial charge in [0.05, 0.1) is 12.5 Å². The molecule has 0 fully saturated rings. The highest BCUT2D eigenvalue weighted by atomic mass is 32.2. The molecular formula is C12H33N4O3PS. The van der Waals surface area contributed by atoms with E-state index in [1.807, 2.05) is 42.3 Å². The lowest BCUT2D eigenvalue weighted by Crippen LogP contribution is -2.30. The number of amides is 1. The van der Waals surface area contributed by atoms with Crippen molar-refractivity contribution in [2.75, 3.05) is 68.9 Å². The molecular weight excluding hydrogens is 311 g/mol. The van der Waals surface area contributed by atoms with Gasteiger partial charge in [-0.2, -0.15) is 0 Å². The Balaban J connectivity index is -0.000000272. The summed E-state index contributed by atoms with van der Waals surface area (Å²) in [7, 11) is 11.9. The molecule has 0 bridgehead atoms. The average Bonchev–Trinajstić information content (AvgIpc) is 2.26. The summed E-state index contributed by atoms with van der Waals surface area (Å²) in [6.07, 6.45) is 3.28. The predicted molar refractivity (Wildman–Crippen MR) is 93.0 cm³/mol. The molecule has 0 aliphatic heterocycles. The summed E-state index contributed by atoms with van der Waals surface area (Å²) >= 11 is -0.611. The van der Waals surface area contributed by atoms with Gasteiger partial charge in [-0.1, -0.05) is 11.2 Å². The third kappa shape index (κ3) is 13.3. The van der Waals surface area contributed by atoms with Crippen molar-refractivity contribution in [2.45, 2.75) is 6.92 Å². The lowest BCUT2D eigenvalue weighted by Gasteiger charge is -2.34. The van der Waals surface area contributed by atoms with Crippen LogP contribution in [-0.4, -0.2) is 98.3 Å². The number of carbonyl (C=O) groups excluding carboxylic acids is 1. The smallest absolute Gasteiger partial charge is 0.285 e. The Kier molecular flexibility index (Phi) is 15.3. The minimum atomic E-state index is -2.44. The molecule has 0 saturated carbocycles. The van der Waals surface area contributed by atoms with Gasteiger partial charge < -0.3 is 9.45 Å². The maximum atomic E-state index is 12.1. The van der Waals surface area contributed by atoms with Crippen LogP contribution in [0.25, 0.3) is 0 Å². The van der Waals surface area contributed by atoms with E-state index >= 15 is 0 Å². The molecule has 7 nitrogen and oxygen atoms in total. The maximum absolute atomic E-state index is 12.1. The summed E-state index contributed by atoms with van der Waals surface area (Å²) < 4.78 is 26.9. The molecule has 0 atom stereocenters. The van der Waals surface area contributed by atoms with Crippen molar-refractivity contribution < 1.29 is 13.9 Å². The summed E-state index contributed by atoms with van der Waals surface area (Å²) in [4.78, 5) is 11.6. The molecule has 0 rings (SSSR count). The van der Waals surface area contributed by atoms with Crippen LogP contribution < -0.4 is 0 Å². The molecule has 0 aliphatic carbocycles. The Morgan fingerprint density at radius 3 is 1.00 bits per heavy atom. The fourth-order valence-corrected chi connectivity index (χ4v) is 3.22. The van der Waals surface area contributed by atoms with Crippen LogP contribution in [0.2, 0.25) is 0 Å². The number of hydrogen-bond donors (Lipinski definition) is 0. The predicted octanol–water partition coefficient (Wildman–Crippen LogP) is 0.869. The van der Waals surface area contributed by atoms with Gasteiger partial charge in [0.1, 0.15) is 0 Å². The van der Waals surface area contributed by atoms with Crippen LogP contribution >= 0.6 is 7.59 Å². The van der Waals surface area contributed by atoms with Gasteiger partial charge in [0, 0.05) is 21.0 Å². The molecule has 0 saturated heterocycles. The van der Waals surface area contributed by atoms with Gasteiger partial charge >= 0.3 is 0 Å². The van der Waals surface area contributed by atoms with Crippen molar-refractivity contribution >= 4 is 24.7 Å². The number of nitrogens with zero attached hydrogens (tertiary/aromatic N) is 4. The molecule has 130 valence electrons. The van der Waals surface area contributed by atoms with Gasteiger partial charge in [-0.05, 0) is 42.3 Å². The second-order valence-corrected chi connectivity index (χ2v) is 10.1. The van der Waals surface area contributed by atoms with Crippen molar-refractivity contribution in [1.29, 1.82) is 0 Å². The first-order valence-electron chi connectivity index (χ1n) is 6.27. The van der Waals surface area contributed by atoms with Gasteiger partial charge in [-0.3, -0.25) is 9.36 Å². The molecule has 0 aromatic rings. The zero-order valence-corrected chi connectivity index (χ0v) is 17.1. The van der Waals surface area contributed by atoms with Crippen LogP contribution in [-0.2, 0) is 20.5 Å². The molecule has 0 aromatic carbocycles. The monoisotopic (exact) mass is 344 g/mol. The molecule has 1 amide bonds. The fraction of sp³-hybridized carbons (Fsp3) is 0.917. The summed E-state index contributed by atoms with van der Waals surface area (Å²) in [5, 5.41) is 0. The molecule has 0 aromatic heterocycles. The minimum absolute atomic E-state index is 0.0926. The van der Waals surface area contributed by atoms with E-state index in [2.05, 4.69) is 0 Å². The van der Waals surface area contributed by atoms with Crippen LogP contribution in [0.1, 0.15) is 6.92 Å². The van der Waals surface area contributed by atoms with Crippen molar-refractivity contribution in [3.05, 3.63) is 0 Å². The minimum Gasteiger partial charge on any atom is -0.617 e. The second-order valence-electron chi connectivity index (χ2n) is 5.21. The Morgan fingerprint density at radius 2 is 1.00 bits per heavy atom. The zero-order chi connectivity index (χ0) is 18.0. The molecule has 0 spiro atoms. The van der Waals surface area contributed by atoms with Crippen molar-refractivity contribution in [1.82, 2.24) is 18.9 Å². The van der Waals surface area contributed by atoms with Crippen molar-refractivity contribution in [3.63, 3.8) is 0 Å². The highest BCUT2D eigenvalue weighted by molar-refractivity contribution is 7.89. The van der Waals surface area contributed by atoms with E-state index in [9.17, 15) is 13.9 Å². The van der Waals surface area contributed by atoms with E-state index in [1.54, 1.807) is 40.6 Å². The molecule has 0 unspecified atom stereocenters. The third-order valence-corrected chi connectivity index (χ3v) is 5.32. The maximum Gasteiger partial charge on any atom is 0.285 e. The fourth-order valence-electron chi connectivity index (χ4n) is 1.07. The summed E-state index contributed by atoms with van der Waals surface area (Å²) in [6.45, 7) is 1.53. The molecule has 0 radical (unpaired) electrons. The van der Waals surface area contributed by atoms with Gasteiger partial charge in [0.15, 0.2) is 0 Å². The Morgan fingerprint density at radius 1 is 0.857 bits per heavy atom. The van der Waals surface area contributed by atoms with Gasteiger partial charge in [0.25, 0.3) is 7.59 Å². The van der Waals surface area contributed by atoms with Crippen LogP contribution in [0.3, 0.4) is 0 Å². The lowest BCUT2D eigenvalue weighted by molar-refractivity contribution is -0.126. The first-order chi connectivity index (χ1) is 9.20. The van der Waals surface area contributed by atoms with Crippen LogP contribution in [0.15, 0.2) is 0 Å². The van der Waals surface area contributed by atoms with Crippen LogP contribution in [0, 0.1) is 0 Å². The largest absolute Gasteiger partial charge is 0.617 e. The van der Waals surface area contributed by atoms with Gasteiger partial charge in [0.2, 0.25) is 5.91 Å². The Hall–Kier alpha value is -0.110. The van der Waals surface area contributed by atoms with Crippen LogP contribution in [0.4, 0.5) is 0 Å². The first-order valence-corrected chi connectivity index (χ1v) is 9.80. The highest BCUT2D eigenvalue weighted by Gasteiger charge is 2.30. The zero-order valence-electron chi connectivity index (χ0n) is 15.4. The van der Waals surface area contributed by atoms with E-state index in [0.29, 0.717) is 0 Å². The van der Waals surface area contributed by atoms with Crippen molar-refractivity contribution in [3.8, 4) is 0 Å². The van der Waals surface area contributed by atoms with E-state index < -0.39 is 18.8 Å². The Bertz CT molecular complexity index is 292. The first kappa shape index (κ1) is 25.8.